The molecule has 24 heavy (non-hydrogen) atoms. The van der Waals surface area contributed by atoms with Gasteiger partial charge in [-0.3, -0.25) is 19.8 Å². The van der Waals surface area contributed by atoms with Crippen molar-refractivity contribution in [2.45, 2.75) is 38.6 Å². The van der Waals surface area contributed by atoms with Gasteiger partial charge in [-0.15, -0.1) is 0 Å². The number of hydrogen-bond acceptors (Lipinski definition) is 4. The van der Waals surface area contributed by atoms with E-state index in [1.807, 2.05) is 17.0 Å². The Morgan fingerprint density at radius 2 is 1.79 bits per heavy atom. The Labute approximate surface area is 142 Å². The zero-order chi connectivity index (χ0) is 16.9. The second-order valence-corrected chi connectivity index (χ2v) is 6.88. The van der Waals surface area contributed by atoms with Crippen molar-refractivity contribution in [1.82, 2.24) is 9.80 Å². The topological polar surface area (TPSA) is 66.7 Å². The van der Waals surface area contributed by atoms with Gasteiger partial charge >= 0.3 is 0 Å². The molecule has 0 unspecified atom stereocenters. The van der Waals surface area contributed by atoms with Crippen molar-refractivity contribution >= 4 is 11.6 Å². The number of amides is 1. The fraction of sp³-hybridized carbons (Fsp3) is 0.611. The molecule has 130 valence electrons. The molecule has 1 amide bonds. The molecule has 3 rings (SSSR count). The molecule has 1 aromatic carbocycles. The zero-order valence-electron chi connectivity index (χ0n) is 14.0. The van der Waals surface area contributed by atoms with E-state index in [-0.39, 0.29) is 16.5 Å². The van der Waals surface area contributed by atoms with Crippen LogP contribution in [0.15, 0.2) is 24.3 Å². The molecule has 2 aliphatic rings. The first-order chi connectivity index (χ1) is 11.6. The van der Waals surface area contributed by atoms with Crippen LogP contribution in [0.25, 0.3) is 0 Å². The predicted octanol–water partition coefficient (Wildman–Crippen LogP) is 2.82. The molecule has 0 aliphatic carbocycles. The monoisotopic (exact) mass is 331 g/mol. The Balaban J connectivity index is 1.56. The maximum Gasteiger partial charge on any atom is 0.269 e. The average Bonchev–Trinajstić information content (AvgIpc) is 2.62. The maximum absolute atomic E-state index is 12.7. The molecule has 0 saturated carbocycles. The van der Waals surface area contributed by atoms with Crippen molar-refractivity contribution in [3.05, 3.63) is 39.9 Å². The summed E-state index contributed by atoms with van der Waals surface area (Å²) < 4.78 is 0. The summed E-state index contributed by atoms with van der Waals surface area (Å²) in [5, 5.41) is 10.7. The summed E-state index contributed by atoms with van der Waals surface area (Å²) in [6, 6.07) is 6.73. The van der Waals surface area contributed by atoms with Crippen LogP contribution in [0.5, 0.6) is 0 Å². The summed E-state index contributed by atoms with van der Waals surface area (Å²) in [6.07, 6.45) is 5.51. The van der Waals surface area contributed by atoms with Crippen LogP contribution in [-0.4, -0.2) is 46.8 Å². The van der Waals surface area contributed by atoms with E-state index in [2.05, 4.69) is 4.90 Å². The van der Waals surface area contributed by atoms with Crippen LogP contribution >= 0.6 is 0 Å². The van der Waals surface area contributed by atoms with E-state index in [4.69, 9.17) is 0 Å². The summed E-state index contributed by atoms with van der Waals surface area (Å²) in [5.41, 5.74) is 1.18. The molecule has 2 saturated heterocycles. The third-order valence-corrected chi connectivity index (χ3v) is 5.08. The van der Waals surface area contributed by atoms with Crippen LogP contribution in [0.1, 0.15) is 37.7 Å². The SMILES string of the molecule is O=C([C@H]1CCCN(Cc2ccc([N+](=O)[O-])cc2)C1)N1CCCCC1. The number of nitro benzene ring substituents is 1. The van der Waals surface area contributed by atoms with E-state index in [9.17, 15) is 14.9 Å². The third kappa shape index (κ3) is 4.12. The van der Waals surface area contributed by atoms with Gasteiger partial charge in [0.15, 0.2) is 0 Å². The van der Waals surface area contributed by atoms with Crippen LogP contribution < -0.4 is 0 Å². The number of non-ortho nitro benzene ring substituents is 1. The lowest BCUT2D eigenvalue weighted by molar-refractivity contribution is -0.384. The number of rotatable bonds is 4. The molecular formula is C18H25N3O3. The molecule has 2 fully saturated rings. The first-order valence-electron chi connectivity index (χ1n) is 8.88. The maximum atomic E-state index is 12.7. The van der Waals surface area contributed by atoms with Gasteiger partial charge in [0.25, 0.3) is 5.69 Å². The van der Waals surface area contributed by atoms with Crippen LogP contribution in [0, 0.1) is 16.0 Å². The minimum absolute atomic E-state index is 0.106. The molecular weight excluding hydrogens is 306 g/mol. The van der Waals surface area contributed by atoms with Crippen molar-refractivity contribution in [3.8, 4) is 0 Å². The van der Waals surface area contributed by atoms with E-state index in [0.717, 1.165) is 64.0 Å². The zero-order valence-corrected chi connectivity index (χ0v) is 14.0. The highest BCUT2D eigenvalue weighted by Crippen LogP contribution is 2.23. The highest BCUT2D eigenvalue weighted by atomic mass is 16.6. The van der Waals surface area contributed by atoms with Gasteiger partial charge in [-0.25, -0.2) is 0 Å². The quantitative estimate of drug-likeness (QED) is 0.628. The van der Waals surface area contributed by atoms with E-state index in [1.54, 1.807) is 12.1 Å². The Morgan fingerprint density at radius 3 is 2.46 bits per heavy atom. The molecule has 2 aliphatic heterocycles. The van der Waals surface area contributed by atoms with Crippen molar-refractivity contribution in [2.24, 2.45) is 5.92 Å². The number of carbonyl (C=O) groups is 1. The number of benzene rings is 1. The fourth-order valence-electron chi connectivity index (χ4n) is 3.75. The van der Waals surface area contributed by atoms with Gasteiger partial charge in [0.1, 0.15) is 0 Å². The van der Waals surface area contributed by atoms with E-state index < -0.39 is 0 Å². The molecule has 2 heterocycles. The lowest BCUT2D eigenvalue weighted by Gasteiger charge is -2.36. The highest BCUT2D eigenvalue weighted by molar-refractivity contribution is 5.79. The standard InChI is InChI=1S/C18H25N3O3/c22-18(20-11-2-1-3-12-20)16-5-4-10-19(14-16)13-15-6-8-17(9-7-15)21(23)24/h6-9,16H,1-5,10-14H2/t16-/m0/s1. The molecule has 0 N–H and O–H groups in total. The van der Waals surface area contributed by atoms with Crippen molar-refractivity contribution in [2.75, 3.05) is 26.2 Å². The minimum Gasteiger partial charge on any atom is -0.342 e. The summed E-state index contributed by atoms with van der Waals surface area (Å²) >= 11 is 0. The Kier molecular flexibility index (Phi) is 5.45. The Bertz CT molecular complexity index is 582. The lowest BCUT2D eigenvalue weighted by Crippen LogP contribution is -2.46. The molecule has 6 heteroatoms. The average molecular weight is 331 g/mol. The Morgan fingerprint density at radius 1 is 1.08 bits per heavy atom. The van der Waals surface area contributed by atoms with Crippen LogP contribution in [-0.2, 0) is 11.3 Å². The molecule has 1 aromatic rings. The van der Waals surface area contributed by atoms with Gasteiger partial charge in [0.05, 0.1) is 10.8 Å². The van der Waals surface area contributed by atoms with Gasteiger partial charge in [-0.2, -0.15) is 0 Å². The van der Waals surface area contributed by atoms with E-state index in [0.29, 0.717) is 5.91 Å². The van der Waals surface area contributed by atoms with Crippen molar-refractivity contribution in [3.63, 3.8) is 0 Å². The number of piperidine rings is 2. The van der Waals surface area contributed by atoms with Crippen LogP contribution in [0.4, 0.5) is 5.69 Å². The molecule has 0 radical (unpaired) electrons. The third-order valence-electron chi connectivity index (χ3n) is 5.08. The highest BCUT2D eigenvalue weighted by Gasteiger charge is 2.29. The lowest BCUT2D eigenvalue weighted by atomic mass is 9.95. The molecule has 0 bridgehead atoms. The minimum atomic E-state index is -0.377. The normalized spacial score (nSPS) is 22.3. The summed E-state index contributed by atoms with van der Waals surface area (Å²) in [5.74, 6) is 0.429. The predicted molar refractivity (Wildman–Crippen MR) is 91.5 cm³/mol. The first kappa shape index (κ1) is 16.9. The number of carbonyl (C=O) groups excluding carboxylic acids is 1. The van der Waals surface area contributed by atoms with Crippen LogP contribution in [0.3, 0.4) is 0 Å². The van der Waals surface area contributed by atoms with Crippen LogP contribution in [0.2, 0.25) is 0 Å². The smallest absolute Gasteiger partial charge is 0.269 e. The van der Waals surface area contributed by atoms with Gasteiger partial charge in [0, 0.05) is 38.3 Å². The number of nitro groups is 1. The molecule has 1 atom stereocenters. The van der Waals surface area contributed by atoms with E-state index in [1.165, 1.54) is 6.42 Å². The first-order valence-corrected chi connectivity index (χ1v) is 8.88. The number of nitrogens with zero attached hydrogens (tertiary/aromatic N) is 3. The van der Waals surface area contributed by atoms with Gasteiger partial charge in [-0.05, 0) is 44.2 Å². The van der Waals surface area contributed by atoms with Gasteiger partial charge in [-0.1, -0.05) is 12.1 Å². The fourth-order valence-corrected chi connectivity index (χ4v) is 3.75. The summed E-state index contributed by atoms with van der Waals surface area (Å²) in [4.78, 5) is 27.4. The van der Waals surface area contributed by atoms with Gasteiger partial charge < -0.3 is 4.90 Å². The van der Waals surface area contributed by atoms with Crippen molar-refractivity contribution < 1.29 is 9.72 Å². The second-order valence-electron chi connectivity index (χ2n) is 6.88. The molecule has 0 aromatic heterocycles. The Hall–Kier alpha value is -1.95. The van der Waals surface area contributed by atoms with Crippen molar-refractivity contribution in [1.29, 1.82) is 0 Å². The largest absolute Gasteiger partial charge is 0.342 e. The molecule has 0 spiro atoms. The second kappa shape index (κ2) is 7.75. The van der Waals surface area contributed by atoms with Gasteiger partial charge in [0.2, 0.25) is 5.91 Å². The number of likely N-dealkylation sites (tertiary alicyclic amines) is 2. The summed E-state index contributed by atoms with van der Waals surface area (Å²) in [6.45, 7) is 4.37. The van der Waals surface area contributed by atoms with E-state index >= 15 is 0 Å². The molecule has 6 nitrogen and oxygen atoms in total. The number of hydrogen-bond donors (Lipinski definition) is 0. The summed E-state index contributed by atoms with van der Waals surface area (Å²) in [7, 11) is 0.